The van der Waals surface area contributed by atoms with Crippen molar-refractivity contribution in [1.29, 1.82) is 0 Å². The van der Waals surface area contributed by atoms with Crippen LogP contribution in [0.25, 0.3) is 5.76 Å². The molecule has 4 nitrogen and oxygen atoms in total. The molecule has 0 spiro atoms. The first-order valence-electron chi connectivity index (χ1n) is 11.6. The van der Waals surface area contributed by atoms with Gasteiger partial charge < -0.3 is 14.2 Å². The highest BCUT2D eigenvalue weighted by Crippen LogP contribution is 2.45. The number of allylic oxidation sites excluding steroid dienone is 1. The molecule has 1 atom stereocenters. The fourth-order valence-electron chi connectivity index (χ4n) is 4.45. The van der Waals surface area contributed by atoms with Crippen molar-refractivity contribution >= 4 is 12.0 Å². The molecule has 0 fully saturated rings. The molecule has 4 aromatic carbocycles. The number of benzene rings is 4. The number of hydrogen-bond acceptors (Lipinski definition) is 4. The highest BCUT2D eigenvalue weighted by molar-refractivity contribution is 5.94. The molecule has 1 aliphatic rings. The van der Waals surface area contributed by atoms with Crippen LogP contribution in [0.5, 0.6) is 17.2 Å². The van der Waals surface area contributed by atoms with E-state index in [1.165, 1.54) is 5.56 Å². The van der Waals surface area contributed by atoms with Crippen molar-refractivity contribution < 1.29 is 14.2 Å². The summed E-state index contributed by atoms with van der Waals surface area (Å²) in [5, 5.41) is 0. The Balaban J connectivity index is 1.68. The molecule has 0 saturated carbocycles. The van der Waals surface area contributed by atoms with E-state index in [4.69, 9.17) is 19.2 Å². The van der Waals surface area contributed by atoms with Gasteiger partial charge >= 0.3 is 0 Å². The molecule has 1 heterocycles. The van der Waals surface area contributed by atoms with E-state index in [-0.39, 0.29) is 5.92 Å². The number of para-hydroxylation sites is 1. The Morgan fingerprint density at radius 2 is 1.46 bits per heavy atom. The maximum atomic E-state index is 6.55. The van der Waals surface area contributed by atoms with E-state index in [9.17, 15) is 0 Å². The molecule has 4 heteroatoms. The predicted octanol–water partition coefficient (Wildman–Crippen LogP) is 6.91. The molecule has 1 aliphatic heterocycles. The van der Waals surface area contributed by atoms with Gasteiger partial charge in [0.05, 0.1) is 20.8 Å². The maximum Gasteiger partial charge on any atom is 0.161 e. The second-order valence-electron chi connectivity index (χ2n) is 8.29. The molecule has 5 rings (SSSR count). The van der Waals surface area contributed by atoms with Gasteiger partial charge in [-0.15, -0.1) is 0 Å². The predicted molar refractivity (Wildman–Crippen MR) is 140 cm³/mol. The van der Waals surface area contributed by atoms with Crippen LogP contribution in [0.2, 0.25) is 0 Å². The van der Waals surface area contributed by atoms with Gasteiger partial charge in [-0.3, -0.25) is 4.99 Å². The summed E-state index contributed by atoms with van der Waals surface area (Å²) in [4.78, 5) is 4.85. The first-order chi connectivity index (χ1) is 17.3. The number of hydrogen-bond donors (Lipinski definition) is 0. The van der Waals surface area contributed by atoms with Crippen LogP contribution in [0.15, 0.2) is 114 Å². The Hall–Kier alpha value is -4.31. The molecule has 4 aromatic rings. The van der Waals surface area contributed by atoms with E-state index >= 15 is 0 Å². The number of fused-ring (bicyclic) bond motifs is 1. The van der Waals surface area contributed by atoms with Crippen molar-refractivity contribution in [1.82, 2.24) is 0 Å². The number of aliphatic imine (C=N–C) groups is 1. The van der Waals surface area contributed by atoms with Crippen LogP contribution in [-0.2, 0) is 6.54 Å². The Bertz CT molecular complexity index is 1360. The van der Waals surface area contributed by atoms with Gasteiger partial charge in [-0.05, 0) is 35.4 Å². The van der Waals surface area contributed by atoms with Gasteiger partial charge in [0.25, 0.3) is 0 Å². The summed E-state index contributed by atoms with van der Waals surface area (Å²) in [7, 11) is 3.28. The van der Waals surface area contributed by atoms with E-state index in [1.807, 2.05) is 60.8 Å². The Morgan fingerprint density at radius 1 is 0.771 bits per heavy atom. The highest BCUT2D eigenvalue weighted by atomic mass is 16.5. The van der Waals surface area contributed by atoms with Crippen molar-refractivity contribution in [3.8, 4) is 17.2 Å². The standard InChI is InChI=1S/C31H27NO3/c1-33-28-18-17-24(19-29(28)34-2)31-26(21-32-20-22-11-5-3-6-12-22)30(23-13-7-4-8-14-23)25-15-9-10-16-27(25)35-31/h3-19,21,30H,20H2,1-2H3/t30-/m1/s1. The van der Waals surface area contributed by atoms with Crippen LogP contribution < -0.4 is 14.2 Å². The van der Waals surface area contributed by atoms with Crippen LogP contribution in [0.3, 0.4) is 0 Å². The topological polar surface area (TPSA) is 40.0 Å². The quantitative estimate of drug-likeness (QED) is 0.281. The average Bonchev–Trinajstić information content (AvgIpc) is 2.93. The molecule has 0 amide bonds. The third-order valence-electron chi connectivity index (χ3n) is 6.14. The molecule has 0 bridgehead atoms. The maximum absolute atomic E-state index is 6.55. The van der Waals surface area contributed by atoms with Crippen LogP contribution in [0, 0.1) is 0 Å². The lowest BCUT2D eigenvalue weighted by atomic mass is 9.81. The van der Waals surface area contributed by atoms with Gasteiger partial charge in [-0.1, -0.05) is 78.9 Å². The Kier molecular flexibility index (Phi) is 6.62. The van der Waals surface area contributed by atoms with Gasteiger partial charge in [0.15, 0.2) is 11.5 Å². The Morgan fingerprint density at radius 3 is 2.20 bits per heavy atom. The monoisotopic (exact) mass is 461 g/mol. The van der Waals surface area contributed by atoms with E-state index in [2.05, 4.69) is 48.5 Å². The third kappa shape index (κ3) is 4.69. The van der Waals surface area contributed by atoms with Crippen LogP contribution in [-0.4, -0.2) is 20.4 Å². The number of nitrogens with zero attached hydrogens (tertiary/aromatic N) is 1. The minimum Gasteiger partial charge on any atom is -0.493 e. The zero-order valence-electron chi connectivity index (χ0n) is 19.8. The molecule has 35 heavy (non-hydrogen) atoms. The summed E-state index contributed by atoms with van der Waals surface area (Å²) >= 11 is 0. The van der Waals surface area contributed by atoms with Gasteiger partial charge in [0, 0.05) is 28.8 Å². The van der Waals surface area contributed by atoms with E-state index < -0.39 is 0 Å². The Labute approximate surface area is 206 Å². The zero-order chi connectivity index (χ0) is 24.0. The fraction of sp³-hybridized carbons (Fsp3) is 0.129. The molecular formula is C31H27NO3. The zero-order valence-corrected chi connectivity index (χ0v) is 19.8. The minimum atomic E-state index is -0.0243. The molecule has 174 valence electrons. The van der Waals surface area contributed by atoms with Gasteiger partial charge in [-0.2, -0.15) is 0 Å². The summed E-state index contributed by atoms with van der Waals surface area (Å²) in [5.74, 6) is 2.90. The number of rotatable bonds is 7. The second-order valence-corrected chi connectivity index (χ2v) is 8.29. The lowest BCUT2D eigenvalue weighted by molar-refractivity contribution is 0.354. The number of ether oxygens (including phenoxy) is 3. The summed E-state index contributed by atoms with van der Waals surface area (Å²) in [6.45, 7) is 0.590. The molecular weight excluding hydrogens is 434 g/mol. The normalized spacial score (nSPS) is 15.0. The van der Waals surface area contributed by atoms with Crippen LogP contribution in [0.4, 0.5) is 0 Å². The molecule has 0 saturated heterocycles. The van der Waals surface area contributed by atoms with E-state index in [0.717, 1.165) is 33.8 Å². The van der Waals surface area contributed by atoms with Crippen LogP contribution in [0.1, 0.15) is 28.2 Å². The summed E-state index contributed by atoms with van der Waals surface area (Å²) in [5.41, 5.74) is 5.36. The molecule has 0 unspecified atom stereocenters. The van der Waals surface area contributed by atoms with Crippen molar-refractivity contribution in [2.45, 2.75) is 12.5 Å². The summed E-state index contributed by atoms with van der Waals surface area (Å²) < 4.78 is 17.6. The minimum absolute atomic E-state index is 0.0243. The van der Waals surface area contributed by atoms with E-state index in [1.54, 1.807) is 14.2 Å². The second kappa shape index (κ2) is 10.3. The first kappa shape index (κ1) is 22.5. The van der Waals surface area contributed by atoms with Gasteiger partial charge in [0.2, 0.25) is 0 Å². The lowest BCUT2D eigenvalue weighted by Crippen LogP contribution is -2.17. The van der Waals surface area contributed by atoms with Crippen molar-refractivity contribution in [3.63, 3.8) is 0 Å². The molecule has 0 radical (unpaired) electrons. The van der Waals surface area contributed by atoms with Crippen molar-refractivity contribution in [3.05, 3.63) is 131 Å². The highest BCUT2D eigenvalue weighted by Gasteiger charge is 2.31. The molecule has 0 aliphatic carbocycles. The van der Waals surface area contributed by atoms with E-state index in [0.29, 0.717) is 18.0 Å². The fourth-order valence-corrected chi connectivity index (χ4v) is 4.45. The van der Waals surface area contributed by atoms with Crippen molar-refractivity contribution in [2.75, 3.05) is 14.2 Å². The average molecular weight is 462 g/mol. The first-order valence-corrected chi connectivity index (χ1v) is 11.6. The SMILES string of the molecule is COc1ccc(C2=C(C=NCc3ccccc3)[C@H](c3ccccc3)c3ccccc3O2)cc1OC. The molecule has 0 N–H and O–H groups in total. The van der Waals surface area contributed by atoms with Crippen molar-refractivity contribution in [2.24, 2.45) is 4.99 Å². The molecule has 0 aromatic heterocycles. The number of methoxy groups -OCH3 is 2. The summed E-state index contributed by atoms with van der Waals surface area (Å²) in [6, 6.07) is 34.8. The van der Waals surface area contributed by atoms with Crippen LogP contribution >= 0.6 is 0 Å². The summed E-state index contributed by atoms with van der Waals surface area (Å²) in [6.07, 6.45) is 1.96. The van der Waals surface area contributed by atoms with Gasteiger partial charge in [-0.25, -0.2) is 0 Å². The smallest absolute Gasteiger partial charge is 0.161 e. The van der Waals surface area contributed by atoms with Gasteiger partial charge in [0.1, 0.15) is 11.5 Å². The third-order valence-corrected chi connectivity index (χ3v) is 6.14. The lowest BCUT2D eigenvalue weighted by Gasteiger charge is -2.30. The largest absolute Gasteiger partial charge is 0.493 e.